The van der Waals surface area contributed by atoms with Gasteiger partial charge in [-0.05, 0) is 17.8 Å². The van der Waals surface area contributed by atoms with Gasteiger partial charge in [0.05, 0.1) is 6.54 Å². The predicted molar refractivity (Wildman–Crippen MR) is 94.1 cm³/mol. The van der Waals surface area contributed by atoms with Crippen LogP contribution >= 0.6 is 0 Å². The summed E-state index contributed by atoms with van der Waals surface area (Å²) in [5.74, 6) is 3.38. The van der Waals surface area contributed by atoms with E-state index >= 15 is 0 Å². The SMILES string of the molecule is CN(CC#C[Si](C)(C)c1ccccc1)Cc1ccccc1. The summed E-state index contributed by atoms with van der Waals surface area (Å²) in [7, 11) is 0.498. The molecule has 108 valence electrons. The molecule has 0 spiro atoms. The van der Waals surface area contributed by atoms with E-state index in [-0.39, 0.29) is 0 Å². The minimum Gasteiger partial charge on any atom is -0.291 e. The van der Waals surface area contributed by atoms with E-state index in [1.165, 1.54) is 10.8 Å². The van der Waals surface area contributed by atoms with Gasteiger partial charge < -0.3 is 0 Å². The number of rotatable bonds is 4. The Balaban J connectivity index is 1.94. The Morgan fingerprint density at radius 3 is 2.10 bits per heavy atom. The van der Waals surface area contributed by atoms with E-state index in [0.717, 1.165) is 13.1 Å². The molecule has 21 heavy (non-hydrogen) atoms. The van der Waals surface area contributed by atoms with Gasteiger partial charge in [-0.2, -0.15) is 0 Å². The summed E-state index contributed by atoms with van der Waals surface area (Å²) in [5, 5.41) is 1.41. The van der Waals surface area contributed by atoms with Gasteiger partial charge in [-0.1, -0.05) is 79.7 Å². The molecule has 0 saturated heterocycles. The lowest BCUT2D eigenvalue weighted by atomic mass is 10.2. The Kier molecular flexibility index (Phi) is 5.38. The fraction of sp³-hybridized carbons (Fsp3) is 0.263. The van der Waals surface area contributed by atoms with Gasteiger partial charge in [0, 0.05) is 6.54 Å². The number of hydrogen-bond acceptors (Lipinski definition) is 1. The number of hydrogen-bond donors (Lipinski definition) is 0. The molecule has 0 fully saturated rings. The van der Waals surface area contributed by atoms with Gasteiger partial charge >= 0.3 is 0 Å². The third-order valence-corrected chi connectivity index (χ3v) is 6.12. The van der Waals surface area contributed by atoms with Crippen LogP contribution in [0.25, 0.3) is 0 Å². The van der Waals surface area contributed by atoms with Gasteiger partial charge in [0.2, 0.25) is 0 Å². The lowest BCUT2D eigenvalue weighted by Crippen LogP contribution is -2.40. The Labute approximate surface area is 129 Å². The summed E-state index contributed by atoms with van der Waals surface area (Å²) in [4.78, 5) is 2.26. The first kappa shape index (κ1) is 15.6. The highest BCUT2D eigenvalue weighted by atomic mass is 28.3. The van der Waals surface area contributed by atoms with Crippen LogP contribution in [0.5, 0.6) is 0 Å². The molecule has 0 bridgehead atoms. The highest BCUT2D eigenvalue weighted by Crippen LogP contribution is 2.03. The minimum absolute atomic E-state index is 0.818. The van der Waals surface area contributed by atoms with E-state index < -0.39 is 8.07 Å². The van der Waals surface area contributed by atoms with E-state index in [9.17, 15) is 0 Å². The average molecular weight is 293 g/mol. The molecule has 2 heteroatoms. The van der Waals surface area contributed by atoms with Crippen LogP contribution in [0.3, 0.4) is 0 Å². The second kappa shape index (κ2) is 7.26. The summed E-state index contributed by atoms with van der Waals surface area (Å²) in [6.07, 6.45) is 0. The molecule has 0 aromatic heterocycles. The molecule has 0 amide bonds. The maximum Gasteiger partial charge on any atom is 0.162 e. The fourth-order valence-electron chi connectivity index (χ4n) is 2.27. The van der Waals surface area contributed by atoms with Gasteiger partial charge in [-0.25, -0.2) is 0 Å². The zero-order chi connectivity index (χ0) is 15.1. The predicted octanol–water partition coefficient (Wildman–Crippen LogP) is 3.28. The van der Waals surface area contributed by atoms with E-state index in [1.807, 2.05) is 0 Å². The highest BCUT2D eigenvalue weighted by molar-refractivity contribution is 6.96. The largest absolute Gasteiger partial charge is 0.291 e. The standard InChI is InChI=1S/C19H23NSi/c1-20(17-18-11-6-4-7-12-18)15-10-16-21(2,3)19-13-8-5-9-14-19/h4-9,11-14H,15,17H2,1-3H3. The molecule has 0 N–H and O–H groups in total. The third kappa shape index (κ3) is 4.89. The molecule has 2 rings (SSSR count). The normalized spacial score (nSPS) is 11.0. The van der Waals surface area contributed by atoms with Crippen LogP contribution in [0.15, 0.2) is 60.7 Å². The molecule has 0 aliphatic carbocycles. The molecule has 2 aromatic rings. The van der Waals surface area contributed by atoms with Crippen LogP contribution in [0.2, 0.25) is 13.1 Å². The van der Waals surface area contributed by atoms with Crippen LogP contribution in [-0.2, 0) is 6.54 Å². The molecule has 0 radical (unpaired) electrons. The summed E-state index contributed by atoms with van der Waals surface area (Å²) in [6.45, 7) is 6.39. The van der Waals surface area contributed by atoms with Crippen molar-refractivity contribution in [3.63, 3.8) is 0 Å². The van der Waals surface area contributed by atoms with Crippen molar-refractivity contribution in [1.29, 1.82) is 0 Å². The zero-order valence-electron chi connectivity index (χ0n) is 13.1. The van der Waals surface area contributed by atoms with Crippen molar-refractivity contribution in [1.82, 2.24) is 4.90 Å². The van der Waals surface area contributed by atoms with Crippen LogP contribution in [0.1, 0.15) is 5.56 Å². The molecule has 0 saturated carbocycles. The van der Waals surface area contributed by atoms with Crippen LogP contribution in [0, 0.1) is 11.5 Å². The molecule has 0 aliphatic rings. The lowest BCUT2D eigenvalue weighted by molar-refractivity contribution is 0.369. The smallest absolute Gasteiger partial charge is 0.162 e. The minimum atomic E-state index is -1.63. The van der Waals surface area contributed by atoms with Crippen molar-refractivity contribution in [3.8, 4) is 11.5 Å². The topological polar surface area (TPSA) is 3.24 Å². The molecule has 2 aromatic carbocycles. The number of nitrogens with zero attached hydrogens (tertiary/aromatic N) is 1. The van der Waals surface area contributed by atoms with E-state index in [1.54, 1.807) is 0 Å². The van der Waals surface area contributed by atoms with Crippen molar-refractivity contribution in [2.75, 3.05) is 13.6 Å². The molecular formula is C19H23NSi. The maximum atomic E-state index is 3.54. The highest BCUT2D eigenvalue weighted by Gasteiger charge is 2.20. The van der Waals surface area contributed by atoms with E-state index in [0.29, 0.717) is 0 Å². The summed E-state index contributed by atoms with van der Waals surface area (Å²) >= 11 is 0. The van der Waals surface area contributed by atoms with E-state index in [4.69, 9.17) is 0 Å². The molecule has 0 unspecified atom stereocenters. The Morgan fingerprint density at radius 1 is 0.905 bits per heavy atom. The first-order valence-electron chi connectivity index (χ1n) is 7.36. The number of benzene rings is 2. The van der Waals surface area contributed by atoms with Gasteiger partial charge in [0.15, 0.2) is 8.07 Å². The van der Waals surface area contributed by atoms with Crippen molar-refractivity contribution in [2.45, 2.75) is 19.6 Å². The van der Waals surface area contributed by atoms with Gasteiger partial charge in [0.1, 0.15) is 0 Å². The van der Waals surface area contributed by atoms with Crippen LogP contribution in [-0.4, -0.2) is 26.6 Å². The lowest BCUT2D eigenvalue weighted by Gasteiger charge is -2.16. The Morgan fingerprint density at radius 2 is 1.48 bits per heavy atom. The first-order valence-corrected chi connectivity index (χ1v) is 10.4. The third-order valence-electron chi connectivity index (χ3n) is 3.54. The van der Waals surface area contributed by atoms with Gasteiger partial charge in [0.25, 0.3) is 0 Å². The molecule has 0 heterocycles. The molecule has 0 atom stereocenters. The Bertz CT molecular complexity index is 608. The molecule has 1 nitrogen and oxygen atoms in total. The summed E-state index contributed by atoms with van der Waals surface area (Å²) < 4.78 is 0. The summed E-state index contributed by atoms with van der Waals surface area (Å²) in [5.41, 5.74) is 4.87. The van der Waals surface area contributed by atoms with Crippen LogP contribution in [0.4, 0.5) is 0 Å². The van der Waals surface area contributed by atoms with Crippen molar-refractivity contribution >= 4 is 13.3 Å². The average Bonchev–Trinajstić information content (AvgIpc) is 2.49. The Hall–Kier alpha value is -1.82. The molecular weight excluding hydrogens is 270 g/mol. The van der Waals surface area contributed by atoms with E-state index in [2.05, 4.69) is 97.2 Å². The monoisotopic (exact) mass is 293 g/mol. The van der Waals surface area contributed by atoms with Crippen molar-refractivity contribution < 1.29 is 0 Å². The fourth-order valence-corrected chi connectivity index (χ4v) is 3.96. The van der Waals surface area contributed by atoms with Crippen molar-refractivity contribution in [2.24, 2.45) is 0 Å². The van der Waals surface area contributed by atoms with Crippen molar-refractivity contribution in [3.05, 3.63) is 66.2 Å². The second-order valence-electron chi connectivity index (χ2n) is 5.95. The first-order chi connectivity index (χ1) is 10.1. The quantitative estimate of drug-likeness (QED) is 0.618. The zero-order valence-corrected chi connectivity index (χ0v) is 14.1. The van der Waals surface area contributed by atoms with Gasteiger partial charge in [-0.15, -0.1) is 5.54 Å². The van der Waals surface area contributed by atoms with Gasteiger partial charge in [-0.3, -0.25) is 4.90 Å². The maximum absolute atomic E-state index is 3.54. The second-order valence-corrected chi connectivity index (χ2v) is 10.0. The molecule has 0 aliphatic heterocycles. The van der Waals surface area contributed by atoms with Crippen LogP contribution < -0.4 is 5.19 Å². The summed E-state index contributed by atoms with van der Waals surface area (Å²) in [6, 6.07) is 21.2.